The quantitative estimate of drug-likeness (QED) is 0.389. The second-order valence-corrected chi connectivity index (χ2v) is 9.56. The number of nitrogens with zero attached hydrogens (tertiary/aromatic N) is 5. The van der Waals surface area contributed by atoms with Gasteiger partial charge >= 0.3 is 5.69 Å². The summed E-state index contributed by atoms with van der Waals surface area (Å²) in [5.41, 5.74) is 3.02. The molecule has 10 nitrogen and oxygen atoms in total. The Bertz CT molecular complexity index is 1830. The van der Waals surface area contributed by atoms with Gasteiger partial charge in [0, 0.05) is 24.2 Å². The van der Waals surface area contributed by atoms with Crippen LogP contribution in [0.5, 0.6) is 0 Å². The Hall–Kier alpha value is -5.12. The van der Waals surface area contributed by atoms with Crippen molar-refractivity contribution in [2.24, 2.45) is 0 Å². The molecule has 1 aliphatic heterocycles. The van der Waals surface area contributed by atoms with Gasteiger partial charge in [0.1, 0.15) is 24.0 Å². The van der Waals surface area contributed by atoms with Crippen LogP contribution in [0.25, 0.3) is 16.9 Å². The summed E-state index contributed by atoms with van der Waals surface area (Å²) in [5.74, 6) is 0.995. The van der Waals surface area contributed by atoms with Crippen LogP contribution < -0.4 is 16.3 Å². The van der Waals surface area contributed by atoms with E-state index in [2.05, 4.69) is 25.6 Å². The Labute approximate surface area is 216 Å². The molecular formula is C28H21N7O3. The number of carbonyl (C=O) groups excluding carboxylic acids is 2. The standard InChI is InChI=1S/C28H21N7O3/c36-24(16-34-20-7-1-2-8-21(20)35(27(34)38)23-9-3-4-10-29-23)32-22-12-17-13-28(14-18(17)15-31-22)19-6-5-11-30-25(19)33-26(28)37/h1-12,15H,13-14,16H2,(H,30,33,37)(H,31,32,36). The van der Waals surface area contributed by atoms with Crippen molar-refractivity contribution in [1.29, 1.82) is 0 Å². The van der Waals surface area contributed by atoms with E-state index in [9.17, 15) is 14.4 Å². The Morgan fingerprint density at radius 3 is 2.55 bits per heavy atom. The van der Waals surface area contributed by atoms with Crippen LogP contribution in [0.15, 0.2) is 84.0 Å². The third kappa shape index (κ3) is 3.27. The van der Waals surface area contributed by atoms with Crippen LogP contribution >= 0.6 is 0 Å². The maximum atomic E-state index is 13.4. The Balaban J connectivity index is 1.16. The number of hydrogen-bond donors (Lipinski definition) is 2. The number of pyridine rings is 3. The number of benzene rings is 1. The lowest BCUT2D eigenvalue weighted by atomic mass is 9.79. The SMILES string of the molecule is O=C(Cn1c(=O)n(-c2ccccn2)c2ccccc21)Nc1cc2c(cn1)CC1(C2)C(=O)Nc2ncccc21. The topological polar surface area (TPSA) is 124 Å². The van der Waals surface area contributed by atoms with Crippen molar-refractivity contribution >= 4 is 34.5 Å². The molecule has 1 unspecified atom stereocenters. The van der Waals surface area contributed by atoms with Gasteiger partial charge in [-0.1, -0.05) is 24.3 Å². The summed E-state index contributed by atoms with van der Waals surface area (Å²) in [6.45, 7) is -0.191. The third-order valence-corrected chi connectivity index (χ3v) is 7.34. The van der Waals surface area contributed by atoms with Crippen molar-refractivity contribution in [3.8, 4) is 5.82 Å². The smallest absolute Gasteiger partial charge is 0.310 e. The minimum Gasteiger partial charge on any atom is -0.310 e. The largest absolute Gasteiger partial charge is 0.335 e. The van der Waals surface area contributed by atoms with Crippen molar-refractivity contribution in [2.45, 2.75) is 24.8 Å². The van der Waals surface area contributed by atoms with Crippen LogP contribution in [-0.2, 0) is 34.4 Å². The molecule has 1 aromatic carbocycles. The maximum absolute atomic E-state index is 13.4. The van der Waals surface area contributed by atoms with E-state index in [-0.39, 0.29) is 24.0 Å². The third-order valence-electron chi connectivity index (χ3n) is 7.34. The molecule has 0 saturated heterocycles. The molecule has 7 rings (SSSR count). The van der Waals surface area contributed by atoms with Gasteiger partial charge in [-0.3, -0.25) is 14.2 Å². The minimum atomic E-state index is -0.711. The molecule has 5 heterocycles. The van der Waals surface area contributed by atoms with Gasteiger partial charge in [-0.25, -0.2) is 24.3 Å². The van der Waals surface area contributed by atoms with Crippen LogP contribution in [-0.4, -0.2) is 35.9 Å². The van der Waals surface area contributed by atoms with E-state index in [1.54, 1.807) is 36.8 Å². The van der Waals surface area contributed by atoms with Gasteiger partial charge in [-0.2, -0.15) is 0 Å². The zero-order valence-corrected chi connectivity index (χ0v) is 20.1. The molecule has 5 aromatic rings. The Morgan fingerprint density at radius 2 is 1.71 bits per heavy atom. The first-order valence-electron chi connectivity index (χ1n) is 12.2. The summed E-state index contributed by atoms with van der Waals surface area (Å²) in [6.07, 6.45) is 6.01. The summed E-state index contributed by atoms with van der Waals surface area (Å²) in [7, 11) is 0. The number of nitrogens with one attached hydrogen (secondary N) is 2. The summed E-state index contributed by atoms with van der Waals surface area (Å²) in [5, 5.41) is 5.72. The fourth-order valence-electron chi connectivity index (χ4n) is 5.62. The summed E-state index contributed by atoms with van der Waals surface area (Å²) in [6, 6.07) is 18.2. The molecule has 2 aliphatic rings. The number of hydrogen-bond acceptors (Lipinski definition) is 6. The monoisotopic (exact) mass is 503 g/mol. The fourth-order valence-corrected chi connectivity index (χ4v) is 5.62. The first-order valence-corrected chi connectivity index (χ1v) is 12.2. The molecule has 10 heteroatoms. The Morgan fingerprint density at radius 1 is 0.921 bits per heavy atom. The average molecular weight is 504 g/mol. The lowest BCUT2D eigenvalue weighted by molar-refractivity contribution is -0.120. The highest BCUT2D eigenvalue weighted by Crippen LogP contribution is 2.46. The minimum absolute atomic E-state index is 0.0725. The number of aromatic nitrogens is 5. The number of carbonyl (C=O) groups is 2. The zero-order chi connectivity index (χ0) is 25.9. The summed E-state index contributed by atoms with van der Waals surface area (Å²) in [4.78, 5) is 52.4. The molecule has 1 spiro atoms. The van der Waals surface area contributed by atoms with Gasteiger partial charge in [0.25, 0.3) is 0 Å². The summed E-state index contributed by atoms with van der Waals surface area (Å²) >= 11 is 0. The lowest BCUT2D eigenvalue weighted by Gasteiger charge is -2.20. The molecule has 4 aromatic heterocycles. The van der Waals surface area contributed by atoms with Gasteiger partial charge in [-0.05, 0) is 60.4 Å². The van der Waals surface area contributed by atoms with E-state index in [4.69, 9.17) is 0 Å². The highest BCUT2D eigenvalue weighted by atomic mass is 16.2. The molecule has 2 N–H and O–H groups in total. The number of imidazole rings is 1. The van der Waals surface area contributed by atoms with Crippen molar-refractivity contribution in [1.82, 2.24) is 24.1 Å². The molecule has 0 bridgehead atoms. The predicted molar refractivity (Wildman–Crippen MR) is 140 cm³/mol. The van der Waals surface area contributed by atoms with Crippen molar-refractivity contribution in [3.05, 3.63) is 106 Å². The molecular weight excluding hydrogens is 482 g/mol. The van der Waals surface area contributed by atoms with E-state index in [1.807, 2.05) is 42.5 Å². The van der Waals surface area contributed by atoms with Crippen LogP contribution in [0.1, 0.15) is 16.7 Å². The second-order valence-electron chi connectivity index (χ2n) is 9.56. The number of amides is 2. The fraction of sp³-hybridized carbons (Fsp3) is 0.143. The molecule has 2 amide bonds. The first kappa shape index (κ1) is 22.1. The Kier molecular flexibility index (Phi) is 4.77. The maximum Gasteiger partial charge on any atom is 0.335 e. The lowest BCUT2D eigenvalue weighted by Crippen LogP contribution is -2.35. The number of rotatable bonds is 4. The number of para-hydroxylation sites is 2. The molecule has 0 saturated carbocycles. The van der Waals surface area contributed by atoms with Gasteiger partial charge in [0.2, 0.25) is 11.8 Å². The van der Waals surface area contributed by atoms with Gasteiger partial charge in [0.05, 0.1) is 16.4 Å². The first-order chi connectivity index (χ1) is 18.5. The normalized spacial score (nSPS) is 17.4. The molecule has 0 radical (unpaired) electrons. The van der Waals surface area contributed by atoms with E-state index in [0.717, 1.165) is 16.7 Å². The van der Waals surface area contributed by atoms with Gasteiger partial charge in [-0.15, -0.1) is 0 Å². The van der Waals surface area contributed by atoms with Crippen LogP contribution in [0.2, 0.25) is 0 Å². The van der Waals surface area contributed by atoms with Crippen LogP contribution in [0.3, 0.4) is 0 Å². The van der Waals surface area contributed by atoms with Gasteiger partial charge < -0.3 is 10.6 Å². The predicted octanol–water partition coefficient (Wildman–Crippen LogP) is 2.60. The zero-order valence-electron chi connectivity index (χ0n) is 20.1. The molecule has 1 aliphatic carbocycles. The van der Waals surface area contributed by atoms with E-state index >= 15 is 0 Å². The van der Waals surface area contributed by atoms with E-state index < -0.39 is 5.41 Å². The van der Waals surface area contributed by atoms with E-state index in [0.29, 0.717) is 41.3 Å². The van der Waals surface area contributed by atoms with Crippen molar-refractivity contribution < 1.29 is 9.59 Å². The molecule has 186 valence electrons. The summed E-state index contributed by atoms with van der Waals surface area (Å²) < 4.78 is 2.92. The molecule has 0 fully saturated rings. The second kappa shape index (κ2) is 8.20. The van der Waals surface area contributed by atoms with E-state index in [1.165, 1.54) is 9.13 Å². The number of anilines is 2. The highest BCUT2D eigenvalue weighted by Gasteiger charge is 2.51. The number of fused-ring (bicyclic) bond motifs is 4. The highest BCUT2D eigenvalue weighted by molar-refractivity contribution is 6.06. The van der Waals surface area contributed by atoms with Crippen LogP contribution in [0.4, 0.5) is 11.6 Å². The van der Waals surface area contributed by atoms with Crippen molar-refractivity contribution in [3.63, 3.8) is 0 Å². The van der Waals surface area contributed by atoms with Crippen LogP contribution in [0, 0.1) is 0 Å². The molecule has 38 heavy (non-hydrogen) atoms. The average Bonchev–Trinajstić information content (AvgIpc) is 3.54. The molecule has 1 atom stereocenters. The van der Waals surface area contributed by atoms with Crippen molar-refractivity contribution in [2.75, 3.05) is 10.6 Å². The van der Waals surface area contributed by atoms with Gasteiger partial charge in [0.15, 0.2) is 0 Å².